The molecule has 356 valence electrons. The highest BCUT2D eigenvalue weighted by Crippen LogP contribution is 2.46. The van der Waals surface area contributed by atoms with E-state index in [-0.39, 0.29) is 6.71 Å². The Morgan fingerprint density at radius 2 is 0.805 bits per heavy atom. The van der Waals surface area contributed by atoms with Crippen molar-refractivity contribution in [2.24, 2.45) is 0 Å². The normalized spacial score (nSPS) is 12.9. The van der Waals surface area contributed by atoms with Gasteiger partial charge in [0.15, 0.2) is 0 Å². The minimum absolute atomic E-state index is 0.0779. The number of rotatable bonds is 2. The molecule has 0 saturated heterocycles. The maximum atomic E-state index is 6.86. The van der Waals surface area contributed by atoms with Crippen LogP contribution in [0.4, 0.5) is 0 Å². The Labute approximate surface area is 436 Å². The molecule has 77 heavy (non-hydrogen) atoms. The van der Waals surface area contributed by atoms with Gasteiger partial charge in [-0.25, -0.2) is 0 Å². The third kappa shape index (κ3) is 4.99. The standard InChI is InChI=1S/C34H17BN2O2.C34H20N2O2/c1-5-13-24-18(9-1)22-17-23-19-10-2-6-14-25(19)37-31(23)29-30(22)36(24)32-21-12-4-8-16-27(21)38-33(32)35(29)28-20-11-3-7-15-26(20)39-34(28)37;1-7-15-32-21(9-1)17-34(38-32)36-28-14-6-3-11-23(28)26-18-25-22-10-2-5-13-27(22)35(29(25)19-30(26)36)31-20-37-33-16-8-4-12-24(31)33/h1-17H;1-20H. The van der Waals surface area contributed by atoms with Gasteiger partial charge < -0.3 is 26.8 Å². The van der Waals surface area contributed by atoms with E-state index < -0.39 is 0 Å². The van der Waals surface area contributed by atoms with E-state index in [0.29, 0.717) is 0 Å². The number of furan rings is 4. The molecular formula is C68H37BN4O4. The Hall–Kier alpha value is -10.4. The highest BCUT2D eigenvalue weighted by Gasteiger charge is 2.47. The highest BCUT2D eigenvalue weighted by atomic mass is 16.4. The summed E-state index contributed by atoms with van der Waals surface area (Å²) in [7, 11) is 0. The zero-order chi connectivity index (χ0) is 49.8. The Morgan fingerprint density at radius 1 is 0.312 bits per heavy atom. The first-order valence-corrected chi connectivity index (χ1v) is 26.2. The lowest BCUT2D eigenvalue weighted by molar-refractivity contribution is 0.590. The van der Waals surface area contributed by atoms with E-state index in [1.807, 2.05) is 36.6 Å². The molecule has 8 nitrogen and oxygen atoms in total. The van der Waals surface area contributed by atoms with E-state index in [0.717, 1.165) is 94.7 Å². The summed E-state index contributed by atoms with van der Waals surface area (Å²) in [5.41, 5.74) is 18.6. The summed E-state index contributed by atoms with van der Waals surface area (Å²) in [6.07, 6.45) is 1.87. The number of hydrogen-bond acceptors (Lipinski definition) is 4. The van der Waals surface area contributed by atoms with Gasteiger partial charge in [0.05, 0.1) is 61.2 Å². The van der Waals surface area contributed by atoms with Crippen LogP contribution < -0.4 is 16.6 Å². The fourth-order valence-corrected chi connectivity index (χ4v) is 13.9. The fraction of sp³-hybridized carbons (Fsp3) is 0. The highest BCUT2D eigenvalue weighted by molar-refractivity contribution is 7.01. The lowest BCUT2D eigenvalue weighted by Crippen LogP contribution is -2.58. The van der Waals surface area contributed by atoms with Crippen molar-refractivity contribution >= 4 is 154 Å². The number of benzene rings is 10. The van der Waals surface area contributed by atoms with Crippen molar-refractivity contribution in [2.75, 3.05) is 0 Å². The van der Waals surface area contributed by atoms with Crippen LogP contribution in [0.1, 0.15) is 0 Å². The summed E-state index contributed by atoms with van der Waals surface area (Å²) in [6.45, 7) is -0.0779. The van der Waals surface area contributed by atoms with Crippen LogP contribution >= 0.6 is 0 Å². The quantitative estimate of drug-likeness (QED) is 0.162. The number of fused-ring (bicyclic) bond motifs is 24. The minimum Gasteiger partial charge on any atom is -0.468 e. The van der Waals surface area contributed by atoms with Crippen LogP contribution in [-0.2, 0) is 0 Å². The van der Waals surface area contributed by atoms with E-state index in [2.05, 4.69) is 206 Å². The van der Waals surface area contributed by atoms with Crippen LogP contribution in [0.5, 0.6) is 0 Å². The van der Waals surface area contributed by atoms with Gasteiger partial charge in [-0.15, -0.1) is 0 Å². The fourth-order valence-electron chi connectivity index (χ4n) is 13.9. The molecular weight excluding hydrogens is 948 g/mol. The van der Waals surface area contributed by atoms with Gasteiger partial charge in [-0.2, -0.15) is 0 Å². The molecule has 20 rings (SSSR count). The Balaban J connectivity index is 0.000000117. The van der Waals surface area contributed by atoms with E-state index in [1.165, 1.54) is 76.1 Å². The number of hydrogen-bond donors (Lipinski definition) is 0. The van der Waals surface area contributed by atoms with E-state index in [1.54, 1.807) is 0 Å². The predicted octanol–water partition coefficient (Wildman–Crippen LogP) is 15.9. The van der Waals surface area contributed by atoms with E-state index in [4.69, 9.17) is 17.7 Å². The van der Waals surface area contributed by atoms with Crippen molar-refractivity contribution in [3.8, 4) is 23.1 Å². The number of aromatic nitrogens is 4. The maximum absolute atomic E-state index is 6.86. The van der Waals surface area contributed by atoms with Crippen LogP contribution in [0.15, 0.2) is 242 Å². The molecule has 10 aromatic carbocycles. The van der Waals surface area contributed by atoms with Crippen molar-refractivity contribution in [1.29, 1.82) is 0 Å². The summed E-state index contributed by atoms with van der Waals surface area (Å²) in [4.78, 5) is 0. The first-order chi connectivity index (χ1) is 38.2. The van der Waals surface area contributed by atoms with Crippen molar-refractivity contribution in [2.45, 2.75) is 0 Å². The second kappa shape index (κ2) is 14.3. The van der Waals surface area contributed by atoms with Crippen molar-refractivity contribution < 1.29 is 17.7 Å². The van der Waals surface area contributed by atoms with Crippen molar-refractivity contribution in [3.05, 3.63) is 225 Å². The average molecular weight is 985 g/mol. The van der Waals surface area contributed by atoms with Crippen molar-refractivity contribution in [1.82, 2.24) is 18.3 Å². The Bertz CT molecular complexity index is 5600. The van der Waals surface area contributed by atoms with Gasteiger partial charge in [0, 0.05) is 76.2 Å². The molecule has 0 saturated carbocycles. The zero-order valence-corrected chi connectivity index (χ0v) is 40.9. The third-order valence-corrected chi connectivity index (χ3v) is 16.9. The van der Waals surface area contributed by atoms with Crippen molar-refractivity contribution in [3.63, 3.8) is 0 Å². The molecule has 2 aliphatic heterocycles. The molecule has 9 heteroatoms. The van der Waals surface area contributed by atoms with Gasteiger partial charge in [0.1, 0.15) is 28.6 Å². The van der Waals surface area contributed by atoms with Crippen LogP contribution in [0.3, 0.4) is 0 Å². The van der Waals surface area contributed by atoms with Gasteiger partial charge in [-0.1, -0.05) is 133 Å². The molecule has 0 aliphatic carbocycles. The topological polar surface area (TPSA) is 72.3 Å². The summed E-state index contributed by atoms with van der Waals surface area (Å²) in [5, 5.41) is 14.3. The van der Waals surface area contributed by atoms with Gasteiger partial charge in [-0.05, 0) is 84.3 Å². The molecule has 0 unspecified atom stereocenters. The van der Waals surface area contributed by atoms with Gasteiger partial charge in [0.2, 0.25) is 11.8 Å². The Kier molecular flexibility index (Phi) is 7.42. The average Bonchev–Trinajstić information content (AvgIpc) is 4.45. The van der Waals surface area contributed by atoms with E-state index in [9.17, 15) is 0 Å². The molecule has 0 amide bonds. The number of nitrogens with zero attached hydrogens (tertiary/aromatic N) is 4. The molecule has 2 aliphatic rings. The summed E-state index contributed by atoms with van der Waals surface area (Å²) < 4.78 is 35.4. The molecule has 0 N–H and O–H groups in total. The van der Waals surface area contributed by atoms with Gasteiger partial charge >= 0.3 is 6.71 Å². The number of para-hydroxylation sites is 8. The predicted molar refractivity (Wildman–Crippen MR) is 314 cm³/mol. The maximum Gasteiger partial charge on any atom is 0.302 e. The third-order valence-electron chi connectivity index (χ3n) is 16.9. The van der Waals surface area contributed by atoms with Crippen LogP contribution in [0, 0.1) is 0 Å². The van der Waals surface area contributed by atoms with E-state index >= 15 is 0 Å². The molecule has 0 radical (unpaired) electrons. The molecule has 10 heterocycles. The lowest BCUT2D eigenvalue weighted by Gasteiger charge is -2.28. The second-order valence-corrected chi connectivity index (χ2v) is 20.7. The lowest BCUT2D eigenvalue weighted by atomic mass is 9.36. The van der Waals surface area contributed by atoms with Crippen LogP contribution in [0.2, 0.25) is 0 Å². The molecule has 0 spiro atoms. The summed E-state index contributed by atoms with van der Waals surface area (Å²) in [6, 6.07) is 77.1. The molecule has 8 aromatic heterocycles. The molecule has 0 atom stereocenters. The first kappa shape index (κ1) is 40.1. The molecule has 0 bridgehead atoms. The van der Waals surface area contributed by atoms with Gasteiger partial charge in [0.25, 0.3) is 0 Å². The largest absolute Gasteiger partial charge is 0.468 e. The first-order valence-electron chi connectivity index (χ1n) is 26.2. The zero-order valence-electron chi connectivity index (χ0n) is 40.9. The Morgan fingerprint density at radius 3 is 1.49 bits per heavy atom. The smallest absolute Gasteiger partial charge is 0.302 e. The SMILES string of the molecule is c1ccc2c3c(oc2c1)-n1c2ccccc2c2cc4c5ccccc5n5c4c(c21)B3c1oc2ccccc2c1-5.c1ccc2oc(-n3c4ccccc4c4cc5c6ccccc6n(-c6coc7ccccc67)c5cc43)cc2c1. The van der Waals surface area contributed by atoms with Crippen LogP contribution in [-0.4, -0.2) is 25.0 Å². The van der Waals surface area contributed by atoms with Gasteiger partial charge in [-0.3, -0.25) is 9.13 Å². The minimum atomic E-state index is -0.0779. The molecule has 18 aromatic rings. The second-order valence-electron chi connectivity index (χ2n) is 20.7. The summed E-state index contributed by atoms with van der Waals surface area (Å²) in [5.74, 6) is 1.71. The molecule has 0 fully saturated rings. The monoisotopic (exact) mass is 984 g/mol. The van der Waals surface area contributed by atoms with Crippen LogP contribution in [0.25, 0.3) is 154 Å². The summed E-state index contributed by atoms with van der Waals surface area (Å²) >= 11 is 0.